The van der Waals surface area contributed by atoms with Gasteiger partial charge in [0.15, 0.2) is 11.0 Å². The highest BCUT2D eigenvalue weighted by Gasteiger charge is 2.24. The van der Waals surface area contributed by atoms with E-state index in [1.54, 1.807) is 13.2 Å². The number of aromatic nitrogens is 3. The lowest BCUT2D eigenvalue weighted by Gasteiger charge is -2.16. The number of likely N-dealkylation sites (tertiary alicyclic amines) is 1. The Bertz CT molecular complexity index is 1070. The van der Waals surface area contributed by atoms with Crippen LogP contribution in [0.2, 0.25) is 0 Å². The fraction of sp³-hybridized carbons (Fsp3) is 0.320. The van der Waals surface area contributed by atoms with E-state index in [9.17, 15) is 4.79 Å². The number of hydrogen-bond donors (Lipinski definition) is 1. The quantitative estimate of drug-likeness (QED) is 0.366. The highest BCUT2D eigenvalue weighted by Crippen LogP contribution is 2.26. The van der Waals surface area contributed by atoms with Gasteiger partial charge in [0.1, 0.15) is 5.75 Å². The molecule has 1 aromatic heterocycles. The number of nitrogens with one attached hydrogen (secondary N) is 1. The molecular formula is C25H29N5O2S. The summed E-state index contributed by atoms with van der Waals surface area (Å²) in [5, 5.41) is 12.6. The van der Waals surface area contributed by atoms with Crippen LogP contribution in [0.1, 0.15) is 12.0 Å². The van der Waals surface area contributed by atoms with Crippen molar-refractivity contribution < 1.29 is 9.53 Å². The van der Waals surface area contributed by atoms with Gasteiger partial charge in [-0.05, 0) is 36.2 Å². The second-order valence-electron chi connectivity index (χ2n) is 8.00. The molecule has 1 fully saturated rings. The van der Waals surface area contributed by atoms with E-state index in [1.165, 1.54) is 17.3 Å². The first kappa shape index (κ1) is 23.1. The molecule has 4 rings (SSSR count). The lowest BCUT2D eigenvalue weighted by molar-refractivity contribution is -0.119. The van der Waals surface area contributed by atoms with Crippen LogP contribution in [0.4, 0.5) is 0 Å². The van der Waals surface area contributed by atoms with Gasteiger partial charge in [0, 0.05) is 37.8 Å². The van der Waals surface area contributed by atoms with Crippen LogP contribution in [0, 0.1) is 0 Å². The van der Waals surface area contributed by atoms with Crippen molar-refractivity contribution in [3.05, 3.63) is 72.8 Å². The second-order valence-corrected chi connectivity index (χ2v) is 8.94. The molecular weight excluding hydrogens is 434 g/mol. The predicted molar refractivity (Wildman–Crippen MR) is 131 cm³/mol. The number of thioether (sulfide) groups is 1. The van der Waals surface area contributed by atoms with Crippen molar-refractivity contribution >= 4 is 17.7 Å². The third kappa shape index (κ3) is 6.03. The van der Waals surface area contributed by atoms with Crippen LogP contribution >= 0.6 is 11.8 Å². The van der Waals surface area contributed by atoms with Crippen LogP contribution in [0.25, 0.3) is 11.4 Å². The van der Waals surface area contributed by atoms with Gasteiger partial charge in [-0.1, -0.05) is 48.2 Å². The molecule has 1 saturated heterocycles. The van der Waals surface area contributed by atoms with E-state index < -0.39 is 0 Å². The maximum Gasteiger partial charge on any atom is 0.230 e. The lowest BCUT2D eigenvalue weighted by Crippen LogP contribution is -2.38. The molecule has 1 amide bonds. The molecule has 0 saturated carbocycles. The fourth-order valence-corrected chi connectivity index (χ4v) is 4.74. The summed E-state index contributed by atoms with van der Waals surface area (Å²) in [7, 11) is 1.64. The van der Waals surface area contributed by atoms with Crippen molar-refractivity contribution in [2.45, 2.75) is 30.7 Å². The summed E-state index contributed by atoms with van der Waals surface area (Å²) in [4.78, 5) is 15.0. The summed E-state index contributed by atoms with van der Waals surface area (Å²) >= 11 is 1.40. The van der Waals surface area contributed by atoms with Crippen LogP contribution in [0.3, 0.4) is 0 Å². The van der Waals surface area contributed by atoms with E-state index in [4.69, 9.17) is 4.74 Å². The number of amides is 1. The number of nitrogens with zero attached hydrogens (tertiary/aromatic N) is 4. The van der Waals surface area contributed by atoms with E-state index in [0.717, 1.165) is 43.2 Å². The Morgan fingerprint density at radius 3 is 2.73 bits per heavy atom. The van der Waals surface area contributed by atoms with Gasteiger partial charge < -0.3 is 10.1 Å². The number of benzene rings is 2. The van der Waals surface area contributed by atoms with Crippen molar-refractivity contribution in [3.63, 3.8) is 0 Å². The Hall–Kier alpha value is -3.10. The molecule has 33 heavy (non-hydrogen) atoms. The zero-order chi connectivity index (χ0) is 23.0. The maximum absolute atomic E-state index is 12.6. The minimum Gasteiger partial charge on any atom is -0.497 e. The Morgan fingerprint density at radius 1 is 1.21 bits per heavy atom. The minimum absolute atomic E-state index is 0.0192. The van der Waals surface area contributed by atoms with E-state index in [0.29, 0.717) is 17.5 Å². The summed E-state index contributed by atoms with van der Waals surface area (Å²) in [6, 6.07) is 18.3. The highest BCUT2D eigenvalue weighted by molar-refractivity contribution is 7.99. The third-order valence-electron chi connectivity index (χ3n) is 5.60. The molecule has 1 N–H and O–H groups in total. The summed E-state index contributed by atoms with van der Waals surface area (Å²) < 4.78 is 7.21. The average Bonchev–Trinajstić information content (AvgIpc) is 3.45. The summed E-state index contributed by atoms with van der Waals surface area (Å²) in [5.41, 5.74) is 2.24. The summed E-state index contributed by atoms with van der Waals surface area (Å²) in [6.07, 6.45) is 2.78. The van der Waals surface area contributed by atoms with Gasteiger partial charge in [0.2, 0.25) is 5.91 Å². The third-order valence-corrected chi connectivity index (χ3v) is 6.56. The molecule has 2 heterocycles. The maximum atomic E-state index is 12.6. The SMILES string of the molecule is C=CCn1c(SCC(=O)N[C@H]2CCN(Cc3ccccc3)C2)nnc1-c1ccc(OC)cc1. The Morgan fingerprint density at radius 2 is 2.00 bits per heavy atom. The van der Waals surface area contributed by atoms with E-state index in [-0.39, 0.29) is 11.9 Å². The van der Waals surface area contributed by atoms with Gasteiger partial charge in [-0.2, -0.15) is 0 Å². The summed E-state index contributed by atoms with van der Waals surface area (Å²) in [6.45, 7) is 7.20. The molecule has 0 radical (unpaired) electrons. The zero-order valence-corrected chi connectivity index (χ0v) is 19.6. The Balaban J connectivity index is 1.31. The molecule has 1 aliphatic heterocycles. The van der Waals surface area contributed by atoms with E-state index in [2.05, 4.69) is 51.3 Å². The van der Waals surface area contributed by atoms with E-state index >= 15 is 0 Å². The number of allylic oxidation sites excluding steroid dienone is 1. The van der Waals surface area contributed by atoms with Crippen molar-refractivity contribution in [1.29, 1.82) is 0 Å². The van der Waals surface area contributed by atoms with Gasteiger partial charge in [-0.25, -0.2) is 0 Å². The van der Waals surface area contributed by atoms with E-state index in [1.807, 2.05) is 34.9 Å². The molecule has 172 valence electrons. The molecule has 2 aromatic carbocycles. The minimum atomic E-state index is 0.0192. The normalized spacial score (nSPS) is 16.0. The first-order valence-electron chi connectivity index (χ1n) is 11.0. The number of carbonyl (C=O) groups excluding carboxylic acids is 1. The number of carbonyl (C=O) groups is 1. The van der Waals surface area contributed by atoms with Gasteiger partial charge in [0.25, 0.3) is 0 Å². The largest absolute Gasteiger partial charge is 0.497 e. The predicted octanol–water partition coefficient (Wildman–Crippen LogP) is 3.62. The van der Waals surface area contributed by atoms with Crippen molar-refractivity contribution in [2.75, 3.05) is 26.0 Å². The molecule has 0 spiro atoms. The Labute approximate surface area is 198 Å². The first-order valence-corrected chi connectivity index (χ1v) is 12.0. The molecule has 0 unspecified atom stereocenters. The number of rotatable bonds is 10. The molecule has 1 atom stereocenters. The van der Waals surface area contributed by atoms with Crippen LogP contribution in [0.15, 0.2) is 72.4 Å². The fourth-order valence-electron chi connectivity index (χ4n) is 3.98. The van der Waals surface area contributed by atoms with Gasteiger partial charge in [-0.15, -0.1) is 16.8 Å². The van der Waals surface area contributed by atoms with Crippen LogP contribution in [-0.2, 0) is 17.9 Å². The first-order chi connectivity index (χ1) is 16.2. The highest BCUT2D eigenvalue weighted by atomic mass is 32.2. The molecule has 1 aliphatic rings. The number of hydrogen-bond acceptors (Lipinski definition) is 6. The van der Waals surface area contributed by atoms with Crippen LogP contribution in [-0.4, -0.2) is 57.6 Å². The van der Waals surface area contributed by atoms with Crippen molar-refractivity contribution in [2.24, 2.45) is 0 Å². The zero-order valence-electron chi connectivity index (χ0n) is 18.8. The molecule has 8 heteroatoms. The van der Waals surface area contributed by atoms with Gasteiger partial charge in [-0.3, -0.25) is 14.3 Å². The van der Waals surface area contributed by atoms with Crippen LogP contribution < -0.4 is 10.1 Å². The standard InChI is InChI=1S/C25H29N5O2S/c1-3-14-30-24(20-9-11-22(32-2)12-10-20)27-28-25(30)33-18-23(31)26-21-13-15-29(17-21)16-19-7-5-4-6-8-19/h3-12,21H,1,13-18H2,2H3,(H,26,31)/t21-/m0/s1. The van der Waals surface area contributed by atoms with Crippen LogP contribution in [0.5, 0.6) is 5.75 Å². The summed E-state index contributed by atoms with van der Waals surface area (Å²) in [5.74, 6) is 1.85. The van der Waals surface area contributed by atoms with Gasteiger partial charge in [0.05, 0.1) is 12.9 Å². The topological polar surface area (TPSA) is 72.3 Å². The second kappa shape index (κ2) is 11.2. The monoisotopic (exact) mass is 463 g/mol. The average molecular weight is 464 g/mol. The molecule has 3 aromatic rings. The molecule has 7 nitrogen and oxygen atoms in total. The smallest absolute Gasteiger partial charge is 0.230 e. The molecule has 0 bridgehead atoms. The van der Waals surface area contributed by atoms with Gasteiger partial charge >= 0.3 is 0 Å². The molecule has 0 aliphatic carbocycles. The van der Waals surface area contributed by atoms with Crippen molar-refractivity contribution in [3.8, 4) is 17.1 Å². The lowest BCUT2D eigenvalue weighted by atomic mass is 10.2. The number of methoxy groups -OCH3 is 1. The van der Waals surface area contributed by atoms with Crippen molar-refractivity contribution in [1.82, 2.24) is 25.0 Å². The Kier molecular flexibility index (Phi) is 7.80. The number of ether oxygens (including phenoxy) is 1.